The van der Waals surface area contributed by atoms with Crippen LogP contribution in [0.4, 0.5) is 5.69 Å². The highest BCUT2D eigenvalue weighted by Crippen LogP contribution is 2.29. The van der Waals surface area contributed by atoms with Gasteiger partial charge < -0.3 is 5.32 Å². The van der Waals surface area contributed by atoms with Gasteiger partial charge in [0.2, 0.25) is 11.8 Å². The van der Waals surface area contributed by atoms with Gasteiger partial charge in [-0.3, -0.25) is 19.5 Å². The molecule has 0 aliphatic carbocycles. The van der Waals surface area contributed by atoms with Crippen molar-refractivity contribution < 1.29 is 9.59 Å². The Morgan fingerprint density at radius 1 is 1.52 bits per heavy atom. The Labute approximate surface area is 132 Å². The first kappa shape index (κ1) is 15.9. The molecule has 1 aliphatic heterocycles. The molecule has 2 rings (SSSR count). The van der Waals surface area contributed by atoms with Crippen LogP contribution in [0.1, 0.15) is 12.0 Å². The molecule has 1 N–H and O–H groups in total. The largest absolute Gasteiger partial charge is 0.326 e. The van der Waals surface area contributed by atoms with E-state index in [4.69, 9.17) is 11.6 Å². The molecule has 1 aromatic rings. The van der Waals surface area contributed by atoms with Gasteiger partial charge in [0.05, 0.1) is 0 Å². The lowest BCUT2D eigenvalue weighted by Crippen LogP contribution is -2.30. The van der Waals surface area contributed by atoms with Gasteiger partial charge in [-0.05, 0) is 24.6 Å². The minimum atomic E-state index is -0.423. The Hall–Kier alpha value is -1.53. The number of anilines is 1. The van der Waals surface area contributed by atoms with Crippen molar-refractivity contribution in [3.8, 4) is 0 Å². The van der Waals surface area contributed by atoms with Crippen LogP contribution in [0, 0.1) is 6.92 Å². The molecule has 1 heterocycles. The molecule has 0 radical (unpaired) electrons. The van der Waals surface area contributed by atoms with Crippen molar-refractivity contribution in [3.63, 3.8) is 0 Å². The fourth-order valence-corrected chi connectivity index (χ4v) is 3.29. The monoisotopic (exact) mass is 325 g/mol. The summed E-state index contributed by atoms with van der Waals surface area (Å²) in [5.74, 6) is -0.310. The molecule has 1 atom stereocenters. The second kappa shape index (κ2) is 6.49. The number of amidine groups is 1. The molecule has 0 saturated carbocycles. The molecule has 1 aromatic carbocycles. The van der Waals surface area contributed by atoms with Gasteiger partial charge in [0.15, 0.2) is 5.17 Å². The number of carbonyl (C=O) groups excluding carboxylic acids is 2. The summed E-state index contributed by atoms with van der Waals surface area (Å²) in [6.45, 7) is 1.84. The first-order valence-electron chi connectivity index (χ1n) is 6.40. The lowest BCUT2D eigenvalue weighted by atomic mass is 10.2. The van der Waals surface area contributed by atoms with Gasteiger partial charge in [-0.2, -0.15) is 0 Å². The number of nitrogens with one attached hydrogen (secondary N) is 1. The second-order valence-electron chi connectivity index (χ2n) is 4.67. The lowest BCUT2D eigenvalue weighted by molar-refractivity contribution is -0.127. The van der Waals surface area contributed by atoms with E-state index in [-0.39, 0.29) is 18.2 Å². The first-order valence-corrected chi connectivity index (χ1v) is 7.65. The van der Waals surface area contributed by atoms with E-state index < -0.39 is 5.25 Å². The molecule has 0 aromatic heterocycles. The zero-order valence-corrected chi connectivity index (χ0v) is 13.6. The summed E-state index contributed by atoms with van der Waals surface area (Å²) in [5.41, 5.74) is 1.48. The summed E-state index contributed by atoms with van der Waals surface area (Å²) >= 11 is 7.33. The maximum Gasteiger partial charge on any atom is 0.242 e. The standard InChI is InChI=1S/C14H16ClN3O2S/c1-8-9(15)5-4-6-10(8)17-12(19)7-11-13(20)18(3)14(16-2)21-11/h4-6,11H,7H2,1-3H3,(H,17,19). The van der Waals surface area contributed by atoms with Gasteiger partial charge in [0, 0.05) is 31.2 Å². The van der Waals surface area contributed by atoms with E-state index in [2.05, 4.69) is 10.3 Å². The number of benzene rings is 1. The number of carbonyl (C=O) groups is 2. The molecule has 1 unspecified atom stereocenters. The average molecular weight is 326 g/mol. The molecule has 1 saturated heterocycles. The van der Waals surface area contributed by atoms with Gasteiger partial charge in [0.1, 0.15) is 5.25 Å². The maximum absolute atomic E-state index is 12.1. The molecule has 1 aliphatic rings. The van der Waals surface area contributed by atoms with E-state index in [1.54, 1.807) is 32.3 Å². The van der Waals surface area contributed by atoms with E-state index in [1.807, 2.05) is 6.92 Å². The number of hydrogen-bond acceptors (Lipinski definition) is 4. The highest BCUT2D eigenvalue weighted by Gasteiger charge is 2.36. The van der Waals surface area contributed by atoms with Crippen LogP contribution < -0.4 is 5.32 Å². The summed E-state index contributed by atoms with van der Waals surface area (Å²) in [5, 5.41) is 3.61. The highest BCUT2D eigenvalue weighted by molar-refractivity contribution is 8.15. The molecule has 2 amide bonds. The number of thioether (sulfide) groups is 1. The smallest absolute Gasteiger partial charge is 0.242 e. The van der Waals surface area contributed by atoms with Crippen molar-refractivity contribution in [2.75, 3.05) is 19.4 Å². The predicted octanol–water partition coefficient (Wildman–Crippen LogP) is 2.54. The lowest BCUT2D eigenvalue weighted by Gasteiger charge is -2.11. The van der Waals surface area contributed by atoms with Crippen molar-refractivity contribution >= 4 is 46.0 Å². The summed E-state index contributed by atoms with van der Waals surface area (Å²) < 4.78 is 0. The van der Waals surface area contributed by atoms with Crippen molar-refractivity contribution in [3.05, 3.63) is 28.8 Å². The third kappa shape index (κ3) is 3.39. The Bertz CT molecular complexity index is 618. The average Bonchev–Trinajstić information content (AvgIpc) is 2.72. The van der Waals surface area contributed by atoms with Crippen LogP contribution >= 0.6 is 23.4 Å². The van der Waals surface area contributed by atoms with Crippen molar-refractivity contribution in [1.82, 2.24) is 4.90 Å². The summed E-state index contributed by atoms with van der Waals surface area (Å²) in [6.07, 6.45) is 0.110. The third-order valence-electron chi connectivity index (χ3n) is 3.24. The van der Waals surface area contributed by atoms with Crippen molar-refractivity contribution in [1.29, 1.82) is 0 Å². The van der Waals surface area contributed by atoms with Gasteiger partial charge in [-0.15, -0.1) is 0 Å². The highest BCUT2D eigenvalue weighted by atomic mass is 35.5. The fourth-order valence-electron chi connectivity index (χ4n) is 2.01. The number of hydrogen-bond donors (Lipinski definition) is 1. The predicted molar refractivity (Wildman–Crippen MR) is 86.9 cm³/mol. The normalized spacial score (nSPS) is 20.2. The van der Waals surface area contributed by atoms with Crippen molar-refractivity contribution in [2.24, 2.45) is 4.99 Å². The van der Waals surface area contributed by atoms with Crippen LogP contribution in [0.25, 0.3) is 0 Å². The van der Waals surface area contributed by atoms with Crippen LogP contribution in [0.3, 0.4) is 0 Å². The zero-order valence-electron chi connectivity index (χ0n) is 12.0. The van der Waals surface area contributed by atoms with Gasteiger partial charge in [-0.25, -0.2) is 0 Å². The Balaban J connectivity index is 2.03. The molecule has 112 valence electrons. The number of halogens is 1. The molecule has 0 bridgehead atoms. The third-order valence-corrected chi connectivity index (χ3v) is 4.97. The summed E-state index contributed by atoms with van der Waals surface area (Å²) in [6, 6.07) is 5.33. The van der Waals surface area contributed by atoms with Crippen LogP contribution in [-0.4, -0.2) is 41.2 Å². The molecule has 0 spiro atoms. The second-order valence-corrected chi connectivity index (χ2v) is 6.25. The number of amides is 2. The molecular formula is C14H16ClN3O2S. The SMILES string of the molecule is CN=C1SC(CC(=O)Nc2cccc(Cl)c2C)C(=O)N1C. The van der Waals surface area contributed by atoms with Gasteiger partial charge in [-0.1, -0.05) is 29.4 Å². The van der Waals surface area contributed by atoms with Gasteiger partial charge in [0.25, 0.3) is 0 Å². The van der Waals surface area contributed by atoms with E-state index >= 15 is 0 Å². The minimum Gasteiger partial charge on any atom is -0.326 e. The van der Waals surface area contributed by atoms with E-state index in [0.29, 0.717) is 15.9 Å². The molecular weight excluding hydrogens is 310 g/mol. The Morgan fingerprint density at radius 2 is 2.24 bits per heavy atom. The van der Waals surface area contributed by atoms with E-state index in [1.165, 1.54) is 16.7 Å². The van der Waals surface area contributed by atoms with Gasteiger partial charge >= 0.3 is 0 Å². The molecule has 5 nitrogen and oxygen atoms in total. The molecule has 7 heteroatoms. The van der Waals surface area contributed by atoms with Crippen LogP contribution in [0.5, 0.6) is 0 Å². The molecule has 21 heavy (non-hydrogen) atoms. The van der Waals surface area contributed by atoms with E-state index in [0.717, 1.165) is 5.56 Å². The molecule has 1 fully saturated rings. The quantitative estimate of drug-likeness (QED) is 0.929. The number of aliphatic imine (C=N–C) groups is 1. The van der Waals surface area contributed by atoms with Crippen LogP contribution in [-0.2, 0) is 9.59 Å². The summed E-state index contributed by atoms with van der Waals surface area (Å²) in [4.78, 5) is 29.6. The van der Waals surface area contributed by atoms with E-state index in [9.17, 15) is 9.59 Å². The first-order chi connectivity index (χ1) is 9.93. The number of rotatable bonds is 3. The number of nitrogens with zero attached hydrogens (tertiary/aromatic N) is 2. The summed E-state index contributed by atoms with van der Waals surface area (Å²) in [7, 11) is 3.29. The topological polar surface area (TPSA) is 61.8 Å². The van der Waals surface area contributed by atoms with Crippen LogP contribution in [0.15, 0.2) is 23.2 Å². The minimum absolute atomic E-state index is 0.0985. The Kier molecular flexibility index (Phi) is 4.90. The van der Waals surface area contributed by atoms with Crippen LogP contribution in [0.2, 0.25) is 5.02 Å². The zero-order chi connectivity index (χ0) is 15.6. The Morgan fingerprint density at radius 3 is 2.86 bits per heavy atom. The fraction of sp³-hybridized carbons (Fsp3) is 0.357. The maximum atomic E-state index is 12.1. The van der Waals surface area contributed by atoms with Crippen molar-refractivity contribution in [2.45, 2.75) is 18.6 Å².